The molecule has 96 valence electrons. The summed E-state index contributed by atoms with van der Waals surface area (Å²) < 4.78 is 0. The zero-order chi connectivity index (χ0) is 13.5. The highest BCUT2D eigenvalue weighted by Crippen LogP contribution is 2.10. The molecule has 0 aromatic heterocycles. The summed E-state index contributed by atoms with van der Waals surface area (Å²) in [6, 6.07) is 19.9. The molecule has 3 heteroatoms. The first kappa shape index (κ1) is 13.3. The minimum absolute atomic E-state index is 0.687. The van der Waals surface area contributed by atoms with Crippen LogP contribution in [0.2, 0.25) is 0 Å². The van der Waals surface area contributed by atoms with E-state index >= 15 is 0 Å². The normalized spacial score (nSPS) is 10.9. The number of hydrogen-bond acceptors (Lipinski definition) is 2. The lowest BCUT2D eigenvalue weighted by Crippen LogP contribution is -2.08. The van der Waals surface area contributed by atoms with E-state index in [1.54, 1.807) is 0 Å². The number of rotatable bonds is 4. The fourth-order valence-corrected chi connectivity index (χ4v) is 1.98. The van der Waals surface area contributed by atoms with Crippen molar-refractivity contribution in [3.8, 4) is 0 Å². The third kappa shape index (κ3) is 4.56. The van der Waals surface area contributed by atoms with Crippen LogP contribution in [0.25, 0.3) is 0 Å². The van der Waals surface area contributed by atoms with Gasteiger partial charge in [0.1, 0.15) is 4.99 Å². The van der Waals surface area contributed by atoms with Crippen molar-refractivity contribution in [3.05, 3.63) is 72.4 Å². The lowest BCUT2D eigenvalue weighted by molar-refractivity contribution is 1.38. The van der Waals surface area contributed by atoms with Crippen molar-refractivity contribution in [1.29, 1.82) is 0 Å². The van der Waals surface area contributed by atoms with Crippen LogP contribution in [0, 0.1) is 0 Å². The second-order valence-electron chi connectivity index (χ2n) is 4.17. The van der Waals surface area contributed by atoms with E-state index in [-0.39, 0.29) is 0 Å². The molecule has 0 unspecified atom stereocenters. The van der Waals surface area contributed by atoms with Gasteiger partial charge < -0.3 is 10.6 Å². The third-order valence-corrected chi connectivity index (χ3v) is 2.72. The van der Waals surface area contributed by atoms with E-state index in [1.807, 2.05) is 73.7 Å². The van der Waals surface area contributed by atoms with Gasteiger partial charge in [0.2, 0.25) is 0 Å². The molecular weight excluding hydrogens is 252 g/mol. The molecule has 0 spiro atoms. The Balaban J connectivity index is 1.95. The third-order valence-electron chi connectivity index (χ3n) is 2.50. The van der Waals surface area contributed by atoms with E-state index in [9.17, 15) is 0 Å². The van der Waals surface area contributed by atoms with Crippen LogP contribution in [0.15, 0.2) is 72.4 Å². The second-order valence-corrected chi connectivity index (χ2v) is 4.61. The fraction of sp³-hybridized carbons (Fsp3) is 0.0625. The molecule has 0 aliphatic heterocycles. The maximum Gasteiger partial charge on any atom is 0.105 e. The van der Waals surface area contributed by atoms with Crippen molar-refractivity contribution >= 4 is 28.6 Å². The monoisotopic (exact) mass is 268 g/mol. The molecule has 2 rings (SSSR count). The van der Waals surface area contributed by atoms with Gasteiger partial charge in [0.15, 0.2) is 0 Å². The molecule has 0 heterocycles. The van der Waals surface area contributed by atoms with Gasteiger partial charge in [0.05, 0.1) is 0 Å². The van der Waals surface area contributed by atoms with E-state index < -0.39 is 0 Å². The molecule has 0 saturated heterocycles. The number of anilines is 2. The first-order valence-corrected chi connectivity index (χ1v) is 6.51. The van der Waals surface area contributed by atoms with Gasteiger partial charge in [-0.25, -0.2) is 0 Å². The topological polar surface area (TPSA) is 24.1 Å². The van der Waals surface area contributed by atoms with Crippen molar-refractivity contribution < 1.29 is 0 Å². The molecule has 0 atom stereocenters. The molecule has 0 aliphatic rings. The largest absolute Gasteiger partial charge is 0.359 e. The number of benzene rings is 2. The van der Waals surface area contributed by atoms with E-state index in [1.165, 1.54) is 0 Å². The summed E-state index contributed by atoms with van der Waals surface area (Å²) in [5.41, 5.74) is 3.05. The lowest BCUT2D eigenvalue weighted by Gasteiger charge is -2.08. The zero-order valence-corrected chi connectivity index (χ0v) is 11.6. The fourth-order valence-electron chi connectivity index (χ4n) is 1.68. The predicted octanol–water partition coefficient (Wildman–Crippen LogP) is 4.44. The van der Waals surface area contributed by atoms with Crippen molar-refractivity contribution in [2.24, 2.45) is 0 Å². The Morgan fingerprint density at radius 1 is 0.842 bits per heavy atom. The highest BCUT2D eigenvalue weighted by Gasteiger charge is 1.96. The number of nitrogens with one attached hydrogen (secondary N) is 2. The highest BCUT2D eigenvalue weighted by molar-refractivity contribution is 7.81. The quantitative estimate of drug-likeness (QED) is 0.633. The summed E-state index contributed by atoms with van der Waals surface area (Å²) in [7, 11) is 0. The Morgan fingerprint density at radius 2 is 1.32 bits per heavy atom. The first-order chi connectivity index (χ1) is 9.24. The van der Waals surface area contributed by atoms with Crippen molar-refractivity contribution in [2.75, 3.05) is 10.6 Å². The van der Waals surface area contributed by atoms with Crippen LogP contribution >= 0.6 is 12.2 Å². The molecule has 0 bridgehead atoms. The van der Waals surface area contributed by atoms with Gasteiger partial charge in [-0.05, 0) is 37.3 Å². The lowest BCUT2D eigenvalue weighted by atomic mass is 10.3. The minimum Gasteiger partial charge on any atom is -0.359 e. The molecule has 0 saturated carbocycles. The van der Waals surface area contributed by atoms with Gasteiger partial charge in [0.25, 0.3) is 0 Å². The van der Waals surface area contributed by atoms with Crippen LogP contribution in [0.4, 0.5) is 11.4 Å². The van der Waals surface area contributed by atoms with Crippen LogP contribution in [0.3, 0.4) is 0 Å². The van der Waals surface area contributed by atoms with Crippen LogP contribution in [-0.4, -0.2) is 4.99 Å². The summed E-state index contributed by atoms with van der Waals surface area (Å²) in [6.07, 6.45) is 1.91. The summed E-state index contributed by atoms with van der Waals surface area (Å²) in [6.45, 7) is 1.99. The van der Waals surface area contributed by atoms with Gasteiger partial charge in [-0.2, -0.15) is 0 Å². The van der Waals surface area contributed by atoms with E-state index in [0.29, 0.717) is 4.99 Å². The standard InChI is InChI=1S/C16H16N2S/c1-13(17-14-8-4-2-5-9-14)12-16(19)18-15-10-6-3-7-11-15/h2-12,17H,1H3,(H,18,19)/b13-12-. The van der Waals surface area contributed by atoms with Crippen LogP contribution in [0.1, 0.15) is 6.92 Å². The summed E-state index contributed by atoms with van der Waals surface area (Å²) in [4.78, 5) is 0.687. The molecule has 2 N–H and O–H groups in total. The number of allylic oxidation sites excluding steroid dienone is 1. The van der Waals surface area contributed by atoms with Crippen LogP contribution < -0.4 is 10.6 Å². The molecule has 2 aromatic carbocycles. The molecule has 0 amide bonds. The Bertz CT molecular complexity index is 562. The van der Waals surface area contributed by atoms with Gasteiger partial charge in [-0.3, -0.25) is 0 Å². The number of hydrogen-bond donors (Lipinski definition) is 2. The predicted molar refractivity (Wildman–Crippen MR) is 86.5 cm³/mol. The average molecular weight is 268 g/mol. The Morgan fingerprint density at radius 3 is 1.84 bits per heavy atom. The van der Waals surface area contributed by atoms with Crippen LogP contribution in [-0.2, 0) is 0 Å². The van der Waals surface area contributed by atoms with E-state index in [4.69, 9.17) is 12.2 Å². The van der Waals surface area contributed by atoms with Gasteiger partial charge in [0, 0.05) is 17.1 Å². The smallest absolute Gasteiger partial charge is 0.105 e. The summed E-state index contributed by atoms with van der Waals surface area (Å²) >= 11 is 5.30. The molecule has 0 aliphatic carbocycles. The number of thiocarbonyl (C=S) groups is 1. The Labute approximate surface area is 119 Å². The van der Waals surface area contributed by atoms with E-state index in [2.05, 4.69) is 10.6 Å². The maximum absolute atomic E-state index is 5.30. The molecule has 19 heavy (non-hydrogen) atoms. The summed E-state index contributed by atoms with van der Waals surface area (Å²) in [5, 5.41) is 6.47. The SMILES string of the molecule is C/C(=C/C(=S)Nc1ccccc1)Nc1ccccc1. The zero-order valence-electron chi connectivity index (χ0n) is 10.8. The maximum atomic E-state index is 5.30. The van der Waals surface area contributed by atoms with Gasteiger partial charge in [-0.1, -0.05) is 48.6 Å². The molecule has 0 fully saturated rings. The van der Waals surface area contributed by atoms with Crippen LogP contribution in [0.5, 0.6) is 0 Å². The molecule has 2 nitrogen and oxygen atoms in total. The molecule has 0 radical (unpaired) electrons. The first-order valence-electron chi connectivity index (χ1n) is 6.10. The average Bonchev–Trinajstić information content (AvgIpc) is 2.40. The number of para-hydroxylation sites is 2. The van der Waals surface area contributed by atoms with Crippen molar-refractivity contribution in [2.45, 2.75) is 6.92 Å². The van der Waals surface area contributed by atoms with Crippen molar-refractivity contribution in [1.82, 2.24) is 0 Å². The highest BCUT2D eigenvalue weighted by atomic mass is 32.1. The van der Waals surface area contributed by atoms with Crippen molar-refractivity contribution in [3.63, 3.8) is 0 Å². The van der Waals surface area contributed by atoms with Gasteiger partial charge in [-0.15, -0.1) is 0 Å². The Kier molecular flexibility index (Phi) is 4.70. The second kappa shape index (κ2) is 6.71. The molecule has 2 aromatic rings. The van der Waals surface area contributed by atoms with E-state index in [0.717, 1.165) is 17.1 Å². The Hall–Kier alpha value is -2.13. The van der Waals surface area contributed by atoms with Gasteiger partial charge >= 0.3 is 0 Å². The molecular formula is C16H16N2S. The summed E-state index contributed by atoms with van der Waals surface area (Å²) in [5.74, 6) is 0. The minimum atomic E-state index is 0.687.